The largest absolute Gasteiger partial charge is 0.302 e. The fraction of sp³-hybridized carbons (Fsp3) is 0.250. The quantitative estimate of drug-likeness (QED) is 0.451. The summed E-state index contributed by atoms with van der Waals surface area (Å²) in [4.78, 5) is 13.5. The van der Waals surface area contributed by atoms with Crippen molar-refractivity contribution in [3.8, 4) is 0 Å². The van der Waals surface area contributed by atoms with Crippen molar-refractivity contribution in [2.24, 2.45) is 0 Å². The van der Waals surface area contributed by atoms with Gasteiger partial charge < -0.3 is 4.79 Å². The maximum atomic E-state index is 12.5. The predicted octanol–water partition coefficient (Wildman–Crippen LogP) is 1.73. The van der Waals surface area contributed by atoms with Gasteiger partial charge in [-0.25, -0.2) is 4.98 Å². The Kier molecular flexibility index (Phi) is 3.34. The van der Waals surface area contributed by atoms with Gasteiger partial charge in [-0.2, -0.15) is 4.39 Å². The molecule has 12 heavy (non-hydrogen) atoms. The van der Waals surface area contributed by atoms with Crippen molar-refractivity contribution in [3.63, 3.8) is 0 Å². The molecular formula is C8H7BrFNO. The van der Waals surface area contributed by atoms with Gasteiger partial charge in [0.05, 0.1) is 4.83 Å². The van der Waals surface area contributed by atoms with Crippen LogP contribution in [0.25, 0.3) is 0 Å². The third kappa shape index (κ3) is 2.70. The van der Waals surface area contributed by atoms with E-state index in [0.717, 1.165) is 6.29 Å². The lowest BCUT2D eigenvalue weighted by Crippen LogP contribution is -2.05. The van der Waals surface area contributed by atoms with E-state index in [9.17, 15) is 9.18 Å². The van der Waals surface area contributed by atoms with E-state index in [1.807, 2.05) is 0 Å². The molecule has 0 aliphatic heterocycles. The van der Waals surface area contributed by atoms with Crippen LogP contribution in [0.3, 0.4) is 0 Å². The van der Waals surface area contributed by atoms with E-state index >= 15 is 0 Å². The van der Waals surface area contributed by atoms with Gasteiger partial charge in [-0.3, -0.25) is 0 Å². The molecule has 1 heterocycles. The van der Waals surface area contributed by atoms with E-state index in [0.29, 0.717) is 12.1 Å². The molecule has 0 amide bonds. The van der Waals surface area contributed by atoms with E-state index in [4.69, 9.17) is 0 Å². The first-order valence-electron chi connectivity index (χ1n) is 3.43. The van der Waals surface area contributed by atoms with Crippen molar-refractivity contribution in [1.82, 2.24) is 4.98 Å². The molecule has 1 rings (SSSR count). The van der Waals surface area contributed by atoms with Gasteiger partial charge in [-0.15, -0.1) is 0 Å². The number of aldehydes is 1. The second kappa shape index (κ2) is 4.30. The van der Waals surface area contributed by atoms with E-state index in [1.165, 1.54) is 6.07 Å². The summed E-state index contributed by atoms with van der Waals surface area (Å²) in [6.45, 7) is 0. The van der Waals surface area contributed by atoms with Gasteiger partial charge in [-0.1, -0.05) is 22.0 Å². The van der Waals surface area contributed by atoms with Crippen LogP contribution in [0.2, 0.25) is 0 Å². The van der Waals surface area contributed by atoms with Crippen LogP contribution < -0.4 is 0 Å². The van der Waals surface area contributed by atoms with Crippen LogP contribution in [0.15, 0.2) is 18.2 Å². The van der Waals surface area contributed by atoms with Crippen LogP contribution in [-0.2, 0) is 11.2 Å². The van der Waals surface area contributed by atoms with E-state index in [1.54, 1.807) is 12.1 Å². The summed E-state index contributed by atoms with van der Waals surface area (Å²) in [6.07, 6.45) is 1.17. The molecule has 0 bridgehead atoms. The summed E-state index contributed by atoms with van der Waals surface area (Å²) in [5.41, 5.74) is 0.573. The fourth-order valence-corrected chi connectivity index (χ4v) is 1.14. The summed E-state index contributed by atoms with van der Waals surface area (Å²) in [5.74, 6) is -0.516. The van der Waals surface area contributed by atoms with Gasteiger partial charge in [0.25, 0.3) is 0 Å². The van der Waals surface area contributed by atoms with Gasteiger partial charge in [0.15, 0.2) is 0 Å². The van der Waals surface area contributed by atoms with Gasteiger partial charge in [0.1, 0.15) is 6.29 Å². The van der Waals surface area contributed by atoms with Crippen LogP contribution in [0.5, 0.6) is 0 Å². The number of alkyl halides is 1. The summed E-state index contributed by atoms with van der Waals surface area (Å²) in [6, 6.07) is 4.52. The summed E-state index contributed by atoms with van der Waals surface area (Å²) in [5, 5.41) is 0. The monoisotopic (exact) mass is 231 g/mol. The highest BCUT2D eigenvalue weighted by Crippen LogP contribution is 2.06. The van der Waals surface area contributed by atoms with Crippen LogP contribution >= 0.6 is 15.9 Å². The molecule has 0 saturated carbocycles. The Bertz CT molecular complexity index is 280. The lowest BCUT2D eigenvalue weighted by molar-refractivity contribution is -0.107. The molecule has 0 aromatic carbocycles. The first-order chi connectivity index (χ1) is 5.72. The standard InChI is InChI=1S/C8H7BrFNO/c9-6(5-12)4-7-2-1-3-8(10)11-7/h1-3,5-6H,4H2/t6-/m0/s1. The minimum absolute atomic E-state index is 0.285. The smallest absolute Gasteiger partial charge is 0.213 e. The molecule has 0 aliphatic rings. The number of rotatable bonds is 3. The van der Waals surface area contributed by atoms with Crippen molar-refractivity contribution in [2.75, 3.05) is 0 Å². The zero-order valence-corrected chi connectivity index (χ0v) is 7.79. The van der Waals surface area contributed by atoms with Crippen molar-refractivity contribution in [3.05, 3.63) is 29.8 Å². The van der Waals surface area contributed by atoms with Gasteiger partial charge in [-0.05, 0) is 12.1 Å². The normalized spacial score (nSPS) is 12.5. The molecule has 2 nitrogen and oxygen atoms in total. The van der Waals surface area contributed by atoms with Crippen molar-refractivity contribution in [2.45, 2.75) is 11.2 Å². The van der Waals surface area contributed by atoms with Crippen LogP contribution in [0, 0.1) is 5.95 Å². The van der Waals surface area contributed by atoms with Gasteiger partial charge in [0, 0.05) is 12.1 Å². The third-order valence-electron chi connectivity index (χ3n) is 1.32. The van der Waals surface area contributed by atoms with Crippen LogP contribution in [-0.4, -0.2) is 16.1 Å². The molecular weight excluding hydrogens is 225 g/mol. The number of carbonyl (C=O) groups excluding carboxylic acids is 1. The minimum Gasteiger partial charge on any atom is -0.302 e. The molecule has 0 aliphatic carbocycles. The number of aromatic nitrogens is 1. The lowest BCUT2D eigenvalue weighted by Gasteiger charge is -2.00. The Hall–Kier alpha value is -0.770. The first-order valence-corrected chi connectivity index (χ1v) is 4.34. The summed E-state index contributed by atoms with van der Waals surface area (Å²) < 4.78 is 12.5. The Labute approximate surface area is 77.9 Å². The molecule has 1 aromatic heterocycles. The second-order valence-corrected chi connectivity index (χ2v) is 3.48. The van der Waals surface area contributed by atoms with Crippen molar-refractivity contribution < 1.29 is 9.18 Å². The van der Waals surface area contributed by atoms with Crippen molar-refractivity contribution in [1.29, 1.82) is 0 Å². The number of halogens is 2. The second-order valence-electron chi connectivity index (χ2n) is 2.31. The maximum Gasteiger partial charge on any atom is 0.213 e. The molecule has 0 radical (unpaired) electrons. The molecule has 0 unspecified atom stereocenters. The van der Waals surface area contributed by atoms with E-state index in [-0.39, 0.29) is 4.83 Å². The summed E-state index contributed by atoms with van der Waals surface area (Å²) >= 11 is 3.11. The zero-order chi connectivity index (χ0) is 8.97. The Morgan fingerprint density at radius 2 is 2.42 bits per heavy atom. The first kappa shape index (κ1) is 9.32. The van der Waals surface area contributed by atoms with Gasteiger partial charge >= 0.3 is 0 Å². The molecule has 0 fully saturated rings. The number of hydrogen-bond acceptors (Lipinski definition) is 2. The Balaban J connectivity index is 2.69. The lowest BCUT2D eigenvalue weighted by atomic mass is 10.2. The molecule has 1 atom stereocenters. The molecule has 0 N–H and O–H groups in total. The average molecular weight is 232 g/mol. The van der Waals surface area contributed by atoms with E-state index < -0.39 is 5.95 Å². The molecule has 64 valence electrons. The highest BCUT2D eigenvalue weighted by molar-refractivity contribution is 9.09. The number of pyridine rings is 1. The van der Waals surface area contributed by atoms with E-state index in [2.05, 4.69) is 20.9 Å². The topological polar surface area (TPSA) is 30.0 Å². The van der Waals surface area contributed by atoms with Gasteiger partial charge in [0.2, 0.25) is 5.95 Å². The average Bonchev–Trinajstić information content (AvgIpc) is 2.04. The minimum atomic E-state index is -0.516. The Morgan fingerprint density at radius 1 is 1.67 bits per heavy atom. The number of carbonyl (C=O) groups is 1. The third-order valence-corrected chi connectivity index (χ3v) is 1.86. The van der Waals surface area contributed by atoms with Crippen LogP contribution in [0.4, 0.5) is 4.39 Å². The van der Waals surface area contributed by atoms with Crippen LogP contribution in [0.1, 0.15) is 5.69 Å². The highest BCUT2D eigenvalue weighted by atomic mass is 79.9. The molecule has 0 saturated heterocycles. The number of hydrogen-bond donors (Lipinski definition) is 0. The fourth-order valence-electron chi connectivity index (χ4n) is 0.812. The highest BCUT2D eigenvalue weighted by Gasteiger charge is 2.04. The zero-order valence-electron chi connectivity index (χ0n) is 6.21. The van der Waals surface area contributed by atoms with Crippen molar-refractivity contribution >= 4 is 22.2 Å². The molecule has 1 aromatic rings. The Morgan fingerprint density at radius 3 is 3.00 bits per heavy atom. The predicted molar refractivity (Wildman–Crippen MR) is 46.7 cm³/mol. The summed E-state index contributed by atoms with van der Waals surface area (Å²) in [7, 11) is 0. The molecule has 0 spiro atoms. The number of nitrogens with zero attached hydrogens (tertiary/aromatic N) is 1. The maximum absolute atomic E-state index is 12.5. The SMILES string of the molecule is O=C[C@@H](Br)Cc1cccc(F)n1. The molecule has 4 heteroatoms.